The topological polar surface area (TPSA) is 86.6 Å². The predicted molar refractivity (Wildman–Crippen MR) is 58.3 cm³/mol. The number of carbonyl (C=O) groups is 2. The molecule has 0 aliphatic rings. The molecule has 1 rings (SSSR count). The van der Waals surface area contributed by atoms with E-state index >= 15 is 0 Å². The van der Waals surface area contributed by atoms with E-state index in [1.54, 1.807) is 0 Å². The lowest BCUT2D eigenvalue weighted by atomic mass is 10.1. The molecular formula is C11H13NO4. The molecule has 0 spiro atoms. The standard InChI is InChI=1S/C11H13NO4/c13-10(14)9(11(15)16)6-7-12-8-4-2-1-3-5-8/h1-5,9,12H,6-7H2,(H,13,14)(H,15,16). The van der Waals surface area contributed by atoms with Crippen LogP contribution >= 0.6 is 0 Å². The molecule has 86 valence electrons. The summed E-state index contributed by atoms with van der Waals surface area (Å²) in [6.07, 6.45) is 0.0551. The summed E-state index contributed by atoms with van der Waals surface area (Å²) in [4.78, 5) is 21.1. The number of carboxylic acids is 2. The fourth-order valence-corrected chi connectivity index (χ4v) is 1.27. The Morgan fingerprint density at radius 2 is 1.69 bits per heavy atom. The third-order valence-corrected chi connectivity index (χ3v) is 2.13. The number of hydrogen-bond acceptors (Lipinski definition) is 3. The van der Waals surface area contributed by atoms with Gasteiger partial charge in [-0.2, -0.15) is 0 Å². The van der Waals surface area contributed by atoms with Crippen LogP contribution in [0.25, 0.3) is 0 Å². The SMILES string of the molecule is O=C(O)C(CCNc1ccccc1)C(=O)O. The van der Waals surface area contributed by atoms with Gasteiger partial charge in [0.15, 0.2) is 5.92 Å². The molecule has 0 saturated heterocycles. The summed E-state index contributed by atoms with van der Waals surface area (Å²) in [5.41, 5.74) is 0.844. The molecule has 0 saturated carbocycles. The summed E-state index contributed by atoms with van der Waals surface area (Å²) in [7, 11) is 0. The second-order valence-electron chi connectivity index (χ2n) is 3.31. The van der Waals surface area contributed by atoms with Crippen molar-refractivity contribution in [3.8, 4) is 0 Å². The molecule has 0 aliphatic carbocycles. The van der Waals surface area contributed by atoms with Gasteiger partial charge in [-0.05, 0) is 18.6 Å². The third-order valence-electron chi connectivity index (χ3n) is 2.13. The first-order chi connectivity index (χ1) is 7.61. The van der Waals surface area contributed by atoms with Crippen LogP contribution in [0.2, 0.25) is 0 Å². The van der Waals surface area contributed by atoms with Crippen LogP contribution in [-0.2, 0) is 9.59 Å². The molecule has 1 aromatic rings. The van der Waals surface area contributed by atoms with Gasteiger partial charge in [0.2, 0.25) is 0 Å². The third kappa shape index (κ3) is 3.61. The molecule has 0 aromatic heterocycles. The number of nitrogens with one attached hydrogen (secondary N) is 1. The Balaban J connectivity index is 2.40. The van der Waals surface area contributed by atoms with Crippen molar-refractivity contribution in [3.63, 3.8) is 0 Å². The first-order valence-corrected chi connectivity index (χ1v) is 4.86. The van der Waals surface area contributed by atoms with E-state index in [0.29, 0.717) is 6.54 Å². The summed E-state index contributed by atoms with van der Waals surface area (Å²) < 4.78 is 0. The largest absolute Gasteiger partial charge is 0.481 e. The lowest BCUT2D eigenvalue weighted by Crippen LogP contribution is -2.25. The summed E-state index contributed by atoms with van der Waals surface area (Å²) in [6.45, 7) is 0.313. The Morgan fingerprint density at radius 1 is 1.12 bits per heavy atom. The van der Waals surface area contributed by atoms with Gasteiger partial charge in [-0.25, -0.2) is 0 Å². The van der Waals surface area contributed by atoms with E-state index in [4.69, 9.17) is 10.2 Å². The first-order valence-electron chi connectivity index (χ1n) is 4.86. The van der Waals surface area contributed by atoms with Crippen molar-refractivity contribution < 1.29 is 19.8 Å². The number of rotatable bonds is 6. The summed E-state index contributed by atoms with van der Waals surface area (Å²) in [5.74, 6) is -3.96. The molecule has 5 nitrogen and oxygen atoms in total. The van der Waals surface area contributed by atoms with Crippen LogP contribution in [0.3, 0.4) is 0 Å². The highest BCUT2D eigenvalue weighted by atomic mass is 16.4. The van der Waals surface area contributed by atoms with Crippen molar-refractivity contribution in [3.05, 3.63) is 30.3 Å². The molecule has 0 amide bonds. The lowest BCUT2D eigenvalue weighted by Gasteiger charge is -2.09. The zero-order valence-electron chi connectivity index (χ0n) is 8.59. The summed E-state index contributed by atoms with van der Waals surface area (Å²) >= 11 is 0. The van der Waals surface area contributed by atoms with E-state index in [1.165, 1.54) is 0 Å². The number of aliphatic carboxylic acids is 2. The van der Waals surface area contributed by atoms with E-state index in [0.717, 1.165) is 5.69 Å². The number of benzene rings is 1. The Hall–Kier alpha value is -2.04. The number of hydrogen-bond donors (Lipinski definition) is 3. The van der Waals surface area contributed by atoms with Gasteiger partial charge in [0.25, 0.3) is 0 Å². The number of carboxylic acid groups (broad SMARTS) is 2. The molecule has 0 aliphatic heterocycles. The van der Waals surface area contributed by atoms with Gasteiger partial charge in [-0.15, -0.1) is 0 Å². The minimum atomic E-state index is -1.35. The highest BCUT2D eigenvalue weighted by Gasteiger charge is 2.24. The minimum absolute atomic E-state index is 0.0551. The molecule has 0 heterocycles. The maximum Gasteiger partial charge on any atom is 0.317 e. The van der Waals surface area contributed by atoms with Crippen LogP contribution in [0.15, 0.2) is 30.3 Å². The Morgan fingerprint density at radius 3 is 2.19 bits per heavy atom. The molecule has 1 aromatic carbocycles. The van der Waals surface area contributed by atoms with Gasteiger partial charge >= 0.3 is 11.9 Å². The molecule has 3 N–H and O–H groups in total. The summed E-state index contributed by atoms with van der Waals surface area (Å²) in [6, 6.07) is 9.21. The van der Waals surface area contributed by atoms with Crippen molar-refractivity contribution >= 4 is 17.6 Å². The number of para-hydroxylation sites is 1. The van der Waals surface area contributed by atoms with E-state index in [2.05, 4.69) is 5.32 Å². The van der Waals surface area contributed by atoms with E-state index < -0.39 is 17.9 Å². The molecule has 5 heteroatoms. The number of anilines is 1. The smallest absolute Gasteiger partial charge is 0.317 e. The fraction of sp³-hybridized carbons (Fsp3) is 0.273. The van der Waals surface area contributed by atoms with Crippen molar-refractivity contribution in [2.45, 2.75) is 6.42 Å². The molecule has 16 heavy (non-hydrogen) atoms. The van der Waals surface area contributed by atoms with Crippen LogP contribution in [-0.4, -0.2) is 28.7 Å². The highest BCUT2D eigenvalue weighted by Crippen LogP contribution is 2.08. The zero-order valence-corrected chi connectivity index (χ0v) is 8.59. The maximum atomic E-state index is 10.6. The molecule has 0 radical (unpaired) electrons. The second-order valence-corrected chi connectivity index (χ2v) is 3.31. The van der Waals surface area contributed by atoms with Crippen molar-refractivity contribution in [1.29, 1.82) is 0 Å². The van der Waals surface area contributed by atoms with Crippen LogP contribution in [0.5, 0.6) is 0 Å². The Kier molecular flexibility index (Phi) is 4.32. The lowest BCUT2D eigenvalue weighted by molar-refractivity contribution is -0.154. The molecule has 0 fully saturated rings. The van der Waals surface area contributed by atoms with Gasteiger partial charge in [-0.3, -0.25) is 9.59 Å². The highest BCUT2D eigenvalue weighted by molar-refractivity contribution is 5.92. The maximum absolute atomic E-state index is 10.6. The van der Waals surface area contributed by atoms with Gasteiger partial charge in [0, 0.05) is 12.2 Å². The minimum Gasteiger partial charge on any atom is -0.481 e. The zero-order chi connectivity index (χ0) is 12.0. The summed E-state index contributed by atoms with van der Waals surface area (Å²) in [5, 5.41) is 20.2. The van der Waals surface area contributed by atoms with E-state index in [9.17, 15) is 9.59 Å². The van der Waals surface area contributed by atoms with Crippen molar-refractivity contribution in [2.75, 3.05) is 11.9 Å². The Bertz CT molecular complexity index is 350. The van der Waals surface area contributed by atoms with Crippen LogP contribution in [0.4, 0.5) is 5.69 Å². The monoisotopic (exact) mass is 223 g/mol. The fourth-order valence-electron chi connectivity index (χ4n) is 1.27. The first kappa shape index (κ1) is 12.0. The van der Waals surface area contributed by atoms with E-state index in [1.807, 2.05) is 30.3 Å². The average molecular weight is 223 g/mol. The molecule has 0 bridgehead atoms. The Labute approximate surface area is 92.7 Å². The van der Waals surface area contributed by atoms with Gasteiger partial charge in [0.05, 0.1) is 0 Å². The van der Waals surface area contributed by atoms with Gasteiger partial charge in [-0.1, -0.05) is 18.2 Å². The van der Waals surface area contributed by atoms with Gasteiger partial charge in [0.1, 0.15) is 0 Å². The van der Waals surface area contributed by atoms with Crippen LogP contribution in [0.1, 0.15) is 6.42 Å². The van der Waals surface area contributed by atoms with Crippen LogP contribution in [0, 0.1) is 5.92 Å². The molecule has 0 atom stereocenters. The normalized spacial score (nSPS) is 10.1. The molecular weight excluding hydrogens is 210 g/mol. The van der Waals surface area contributed by atoms with Crippen molar-refractivity contribution in [2.24, 2.45) is 5.92 Å². The average Bonchev–Trinajstić information content (AvgIpc) is 2.24. The molecule has 0 unspecified atom stereocenters. The quantitative estimate of drug-likeness (QED) is 0.632. The van der Waals surface area contributed by atoms with Crippen LogP contribution < -0.4 is 5.32 Å². The predicted octanol–water partition coefficient (Wildman–Crippen LogP) is 1.27. The van der Waals surface area contributed by atoms with Crippen molar-refractivity contribution in [1.82, 2.24) is 0 Å². The van der Waals surface area contributed by atoms with Gasteiger partial charge < -0.3 is 15.5 Å². The van der Waals surface area contributed by atoms with E-state index in [-0.39, 0.29) is 6.42 Å². The second kappa shape index (κ2) is 5.75.